The average Bonchev–Trinajstić information content (AvgIpc) is 2.52. The van der Waals surface area contributed by atoms with Crippen LogP contribution >= 0.6 is 35.5 Å². The molecule has 0 bridgehead atoms. The Morgan fingerprint density at radius 2 is 2.24 bits per heavy atom. The molecule has 0 aromatic carbocycles. The molecular weight excluding hydrogens is 274 g/mol. The normalized spacial score (nSPS) is 20.6. The third-order valence-corrected chi connectivity index (χ3v) is 5.06. The van der Waals surface area contributed by atoms with Crippen LogP contribution in [0.15, 0.2) is 6.20 Å². The summed E-state index contributed by atoms with van der Waals surface area (Å²) < 4.78 is 0.432. The number of aromatic nitrogens is 1. The molecule has 0 aliphatic carbocycles. The van der Waals surface area contributed by atoms with E-state index in [-0.39, 0.29) is 12.4 Å². The van der Waals surface area contributed by atoms with Crippen LogP contribution in [-0.2, 0) is 6.54 Å². The maximum atomic E-state index is 5.64. The highest BCUT2D eigenvalue weighted by Crippen LogP contribution is 2.31. The van der Waals surface area contributed by atoms with E-state index in [1.165, 1.54) is 30.1 Å². The smallest absolute Gasteiger partial charge is 0.180 e. The van der Waals surface area contributed by atoms with Gasteiger partial charge in [0, 0.05) is 34.7 Å². The summed E-state index contributed by atoms with van der Waals surface area (Å²) >= 11 is 3.69. The first kappa shape index (κ1) is 15.1. The van der Waals surface area contributed by atoms with Gasteiger partial charge in [0.2, 0.25) is 0 Å². The average molecular weight is 294 g/mol. The maximum absolute atomic E-state index is 5.64. The Hall–Kier alpha value is 0.0300. The molecule has 1 aliphatic heterocycles. The maximum Gasteiger partial charge on any atom is 0.180 e. The van der Waals surface area contributed by atoms with Crippen LogP contribution in [0.2, 0.25) is 0 Å². The third-order valence-electron chi connectivity index (χ3n) is 2.88. The largest absolute Gasteiger partial charge is 0.375 e. The molecule has 1 aliphatic rings. The van der Waals surface area contributed by atoms with Gasteiger partial charge in [-0.05, 0) is 13.0 Å². The summed E-state index contributed by atoms with van der Waals surface area (Å²) in [7, 11) is 0. The third kappa shape index (κ3) is 4.66. The molecule has 6 heteroatoms. The summed E-state index contributed by atoms with van der Waals surface area (Å²) in [5.74, 6) is 1.22. The number of halogens is 1. The van der Waals surface area contributed by atoms with Gasteiger partial charge in [0.1, 0.15) is 0 Å². The Kier molecular flexibility index (Phi) is 5.57. The van der Waals surface area contributed by atoms with Crippen molar-refractivity contribution in [2.75, 3.05) is 24.6 Å². The van der Waals surface area contributed by atoms with Crippen LogP contribution in [0, 0.1) is 0 Å². The number of thioether (sulfide) groups is 1. The number of hydrogen-bond donors (Lipinski definition) is 1. The molecule has 0 spiro atoms. The van der Waals surface area contributed by atoms with Crippen LogP contribution in [0.5, 0.6) is 0 Å². The molecule has 2 N–H and O–H groups in total. The summed E-state index contributed by atoms with van der Waals surface area (Å²) in [5.41, 5.74) is 5.64. The van der Waals surface area contributed by atoms with Crippen molar-refractivity contribution in [3.8, 4) is 0 Å². The van der Waals surface area contributed by atoms with Crippen LogP contribution < -0.4 is 5.73 Å². The minimum absolute atomic E-state index is 0. The molecule has 17 heavy (non-hydrogen) atoms. The van der Waals surface area contributed by atoms with Gasteiger partial charge >= 0.3 is 0 Å². The summed E-state index contributed by atoms with van der Waals surface area (Å²) in [4.78, 5) is 7.89. The standard InChI is InChI=1S/C11H19N3S2.ClH/c1-11(2)3-4-14(5-6-15-11)8-9-7-13-10(12)16-9;/h7H,3-6,8H2,1-2H3,(H2,12,13);1H. The van der Waals surface area contributed by atoms with E-state index in [1.807, 2.05) is 6.20 Å². The van der Waals surface area contributed by atoms with Crippen molar-refractivity contribution in [2.45, 2.75) is 31.6 Å². The monoisotopic (exact) mass is 293 g/mol. The molecule has 1 aromatic rings. The van der Waals surface area contributed by atoms with Crippen molar-refractivity contribution in [3.05, 3.63) is 11.1 Å². The highest BCUT2D eigenvalue weighted by molar-refractivity contribution is 8.00. The zero-order valence-electron chi connectivity index (χ0n) is 10.3. The molecule has 0 amide bonds. The van der Waals surface area contributed by atoms with Gasteiger partial charge in [0.15, 0.2) is 5.13 Å². The number of thiazole rings is 1. The Labute approximate surface area is 118 Å². The Bertz CT molecular complexity index is 354. The summed E-state index contributed by atoms with van der Waals surface area (Å²) in [6, 6.07) is 0. The van der Waals surface area contributed by atoms with Crippen molar-refractivity contribution >= 4 is 40.6 Å². The molecule has 0 saturated carbocycles. The number of nitrogens with two attached hydrogens (primary N) is 1. The fraction of sp³-hybridized carbons (Fsp3) is 0.727. The van der Waals surface area contributed by atoms with E-state index in [0.29, 0.717) is 9.88 Å². The van der Waals surface area contributed by atoms with Crippen LogP contribution in [0.1, 0.15) is 25.1 Å². The van der Waals surface area contributed by atoms with E-state index in [1.54, 1.807) is 11.3 Å². The van der Waals surface area contributed by atoms with Crippen molar-refractivity contribution in [1.29, 1.82) is 0 Å². The van der Waals surface area contributed by atoms with Gasteiger partial charge in [-0.15, -0.1) is 23.7 Å². The lowest BCUT2D eigenvalue weighted by Gasteiger charge is -2.22. The van der Waals surface area contributed by atoms with Crippen LogP contribution in [0.4, 0.5) is 5.13 Å². The molecule has 1 saturated heterocycles. The molecule has 0 unspecified atom stereocenters. The van der Waals surface area contributed by atoms with Crippen molar-refractivity contribution in [1.82, 2.24) is 9.88 Å². The molecule has 0 atom stereocenters. The van der Waals surface area contributed by atoms with Gasteiger partial charge in [0.05, 0.1) is 0 Å². The number of nitrogens with zero attached hydrogens (tertiary/aromatic N) is 2. The molecule has 3 nitrogen and oxygen atoms in total. The molecule has 0 radical (unpaired) electrons. The van der Waals surface area contributed by atoms with Crippen LogP contribution in [0.25, 0.3) is 0 Å². The zero-order valence-corrected chi connectivity index (χ0v) is 12.8. The number of nitrogen functional groups attached to an aromatic ring is 1. The van der Waals surface area contributed by atoms with Gasteiger partial charge in [-0.2, -0.15) is 11.8 Å². The second kappa shape index (κ2) is 6.27. The fourth-order valence-corrected chi connectivity index (χ4v) is 3.70. The second-order valence-electron chi connectivity index (χ2n) is 4.80. The number of rotatable bonds is 2. The zero-order chi connectivity index (χ0) is 11.6. The van der Waals surface area contributed by atoms with Gasteiger partial charge < -0.3 is 5.73 Å². The summed E-state index contributed by atoms with van der Waals surface area (Å²) in [5, 5.41) is 0.680. The van der Waals surface area contributed by atoms with Gasteiger partial charge in [-0.25, -0.2) is 4.98 Å². The van der Waals surface area contributed by atoms with E-state index in [9.17, 15) is 0 Å². The second-order valence-corrected chi connectivity index (χ2v) is 7.75. The van der Waals surface area contributed by atoms with Crippen LogP contribution in [-0.4, -0.2) is 33.5 Å². The van der Waals surface area contributed by atoms with E-state index in [0.717, 1.165) is 6.54 Å². The molecule has 1 fully saturated rings. The Balaban J connectivity index is 0.00000144. The molecular formula is C11H20ClN3S2. The van der Waals surface area contributed by atoms with Crippen molar-refractivity contribution < 1.29 is 0 Å². The topological polar surface area (TPSA) is 42.2 Å². The van der Waals surface area contributed by atoms with Gasteiger partial charge in [0.25, 0.3) is 0 Å². The number of hydrogen-bond acceptors (Lipinski definition) is 5. The fourth-order valence-electron chi connectivity index (χ4n) is 1.84. The van der Waals surface area contributed by atoms with E-state index in [2.05, 4.69) is 35.5 Å². The molecule has 2 rings (SSSR count). The van der Waals surface area contributed by atoms with E-state index >= 15 is 0 Å². The minimum atomic E-state index is 0. The quantitative estimate of drug-likeness (QED) is 0.910. The van der Waals surface area contributed by atoms with Crippen LogP contribution in [0.3, 0.4) is 0 Å². The predicted molar refractivity (Wildman–Crippen MR) is 80.2 cm³/mol. The minimum Gasteiger partial charge on any atom is -0.375 e. The molecule has 1 aromatic heterocycles. The summed E-state index contributed by atoms with van der Waals surface area (Å²) in [6.07, 6.45) is 3.16. The first-order valence-electron chi connectivity index (χ1n) is 5.62. The van der Waals surface area contributed by atoms with Crippen molar-refractivity contribution in [2.24, 2.45) is 0 Å². The lowest BCUT2D eigenvalue weighted by Crippen LogP contribution is -2.26. The highest BCUT2D eigenvalue weighted by atomic mass is 35.5. The lowest BCUT2D eigenvalue weighted by molar-refractivity contribution is 0.278. The first-order chi connectivity index (χ1) is 7.55. The van der Waals surface area contributed by atoms with Gasteiger partial charge in [-0.3, -0.25) is 4.90 Å². The lowest BCUT2D eigenvalue weighted by atomic mass is 10.1. The number of anilines is 1. The highest BCUT2D eigenvalue weighted by Gasteiger charge is 2.23. The van der Waals surface area contributed by atoms with E-state index in [4.69, 9.17) is 5.73 Å². The van der Waals surface area contributed by atoms with Crippen molar-refractivity contribution in [3.63, 3.8) is 0 Å². The van der Waals surface area contributed by atoms with E-state index < -0.39 is 0 Å². The molecule has 2 heterocycles. The summed E-state index contributed by atoms with van der Waals surface area (Å²) in [6.45, 7) is 8.03. The predicted octanol–water partition coefficient (Wildman–Crippen LogP) is 2.86. The van der Waals surface area contributed by atoms with Gasteiger partial charge in [-0.1, -0.05) is 13.8 Å². The Morgan fingerprint density at radius 1 is 1.47 bits per heavy atom. The SMILES string of the molecule is CC1(C)CCN(Cc2cnc(N)s2)CCS1.Cl. The molecule has 98 valence electrons. The first-order valence-corrected chi connectivity index (χ1v) is 7.42. The Morgan fingerprint density at radius 3 is 2.88 bits per heavy atom.